The first-order chi connectivity index (χ1) is 15.7. The van der Waals surface area contributed by atoms with Gasteiger partial charge in [-0.1, -0.05) is 43.2 Å². The van der Waals surface area contributed by atoms with Gasteiger partial charge in [-0.05, 0) is 38.2 Å². The number of carbonyl (C=O) groups excluding carboxylic acids is 1. The molecule has 6 heteroatoms. The van der Waals surface area contributed by atoms with Gasteiger partial charge in [-0.25, -0.2) is 0 Å². The molecule has 6 nitrogen and oxygen atoms in total. The third-order valence-corrected chi connectivity index (χ3v) is 8.24. The highest BCUT2D eigenvalue weighted by Gasteiger charge is 2.65. The molecule has 2 N–H and O–H groups in total. The van der Waals surface area contributed by atoms with Crippen molar-refractivity contribution in [3.8, 4) is 0 Å². The molecule has 32 heavy (non-hydrogen) atoms. The number of ether oxygens (including phenoxy) is 1. The van der Waals surface area contributed by atoms with Crippen LogP contribution in [0.3, 0.4) is 0 Å². The van der Waals surface area contributed by atoms with Crippen molar-refractivity contribution in [2.24, 2.45) is 22.2 Å². The Morgan fingerprint density at radius 3 is 2.84 bits per heavy atom. The quantitative estimate of drug-likeness (QED) is 0.507. The van der Waals surface area contributed by atoms with E-state index in [0.29, 0.717) is 42.4 Å². The average molecular weight is 439 g/mol. The summed E-state index contributed by atoms with van der Waals surface area (Å²) >= 11 is 0. The van der Waals surface area contributed by atoms with Crippen molar-refractivity contribution in [2.75, 3.05) is 32.8 Å². The Kier molecular flexibility index (Phi) is 6.40. The van der Waals surface area contributed by atoms with Crippen LogP contribution in [0, 0.1) is 17.3 Å². The van der Waals surface area contributed by atoms with Crippen molar-refractivity contribution in [1.82, 2.24) is 15.5 Å². The number of fused-ring (bicyclic) bond motifs is 2. The van der Waals surface area contributed by atoms with Crippen molar-refractivity contribution in [3.63, 3.8) is 0 Å². The van der Waals surface area contributed by atoms with Gasteiger partial charge in [-0.3, -0.25) is 9.79 Å². The van der Waals surface area contributed by atoms with Gasteiger partial charge in [0.05, 0.1) is 6.10 Å². The predicted octanol–water partition coefficient (Wildman–Crippen LogP) is 2.98. The van der Waals surface area contributed by atoms with Gasteiger partial charge in [0.1, 0.15) is 0 Å². The number of hydrogen-bond acceptors (Lipinski definition) is 3. The second-order valence-electron chi connectivity index (χ2n) is 10.2. The average Bonchev–Trinajstić information content (AvgIpc) is 3.54. The van der Waals surface area contributed by atoms with Crippen LogP contribution in [0.4, 0.5) is 0 Å². The number of nitrogens with zero attached hydrogens (tertiary/aromatic N) is 2. The van der Waals surface area contributed by atoms with E-state index in [0.717, 1.165) is 45.0 Å². The lowest BCUT2D eigenvalue weighted by molar-refractivity contribution is -0.127. The van der Waals surface area contributed by atoms with E-state index in [-0.39, 0.29) is 5.91 Å². The van der Waals surface area contributed by atoms with Gasteiger partial charge in [-0.2, -0.15) is 0 Å². The van der Waals surface area contributed by atoms with Gasteiger partial charge in [0.25, 0.3) is 0 Å². The number of guanidine groups is 1. The Bertz CT molecular complexity index is 820. The van der Waals surface area contributed by atoms with Crippen LogP contribution in [0.5, 0.6) is 0 Å². The van der Waals surface area contributed by atoms with Crippen LogP contribution in [0.25, 0.3) is 0 Å². The molecular weight excluding hydrogens is 400 g/mol. The van der Waals surface area contributed by atoms with Crippen LogP contribution in [0.15, 0.2) is 35.3 Å². The molecule has 4 atom stereocenters. The van der Waals surface area contributed by atoms with Gasteiger partial charge in [-0.15, -0.1) is 0 Å². The molecule has 4 unspecified atom stereocenters. The first-order valence-corrected chi connectivity index (χ1v) is 12.7. The van der Waals surface area contributed by atoms with Crippen molar-refractivity contribution in [1.29, 1.82) is 0 Å². The second kappa shape index (κ2) is 9.42. The van der Waals surface area contributed by atoms with E-state index in [1.807, 2.05) is 11.0 Å². The summed E-state index contributed by atoms with van der Waals surface area (Å²) in [5, 5.41) is 7.27. The van der Waals surface area contributed by atoms with E-state index < -0.39 is 0 Å². The van der Waals surface area contributed by atoms with E-state index in [1.54, 1.807) is 0 Å². The summed E-state index contributed by atoms with van der Waals surface area (Å²) in [6.07, 6.45) is 8.35. The number of carbonyl (C=O) groups is 1. The summed E-state index contributed by atoms with van der Waals surface area (Å²) < 4.78 is 6.14. The van der Waals surface area contributed by atoms with Crippen molar-refractivity contribution in [2.45, 2.75) is 64.0 Å². The van der Waals surface area contributed by atoms with Crippen molar-refractivity contribution >= 4 is 11.9 Å². The molecule has 2 aliphatic heterocycles. The number of benzene rings is 1. The van der Waals surface area contributed by atoms with Gasteiger partial charge in [0.2, 0.25) is 5.91 Å². The molecule has 0 aromatic heterocycles. The number of likely N-dealkylation sites (tertiary alicyclic amines) is 1. The molecule has 4 fully saturated rings. The molecule has 0 bridgehead atoms. The molecule has 2 saturated carbocycles. The minimum atomic E-state index is 0.272. The molecule has 0 radical (unpaired) electrons. The van der Waals surface area contributed by atoms with E-state index in [1.165, 1.54) is 31.2 Å². The number of aliphatic imine (C=N–C) groups is 1. The molecule has 2 heterocycles. The Labute approximate surface area is 192 Å². The summed E-state index contributed by atoms with van der Waals surface area (Å²) in [6, 6.07) is 10.9. The summed E-state index contributed by atoms with van der Waals surface area (Å²) in [5.74, 6) is 2.12. The number of nitrogens with one attached hydrogen (secondary N) is 2. The maximum atomic E-state index is 12.5. The fraction of sp³-hybridized carbons (Fsp3) is 0.692. The van der Waals surface area contributed by atoms with E-state index in [9.17, 15) is 4.79 Å². The van der Waals surface area contributed by atoms with Crippen molar-refractivity contribution in [3.05, 3.63) is 35.9 Å². The molecule has 1 aromatic rings. The molecular formula is C26H38N4O2. The Morgan fingerprint density at radius 1 is 1.25 bits per heavy atom. The fourth-order valence-electron chi connectivity index (χ4n) is 6.69. The molecule has 2 saturated heterocycles. The van der Waals surface area contributed by atoms with Gasteiger partial charge >= 0.3 is 0 Å². The standard InChI is InChI=1S/C26H38N4O2/c1-2-27-25(29-23-21-11-15-32-24(21)26(23)12-6-7-13-26)28-17-20-16-22(31)30(18-20)14-10-19-8-4-3-5-9-19/h3-5,8-9,20-21,23-24H,2,6-7,10-18H2,1H3,(H2,27,28,29). The zero-order valence-corrected chi connectivity index (χ0v) is 19.4. The van der Waals surface area contributed by atoms with Gasteiger partial charge < -0.3 is 20.3 Å². The lowest BCUT2D eigenvalue weighted by atomic mass is 9.54. The van der Waals surface area contributed by atoms with Crippen LogP contribution in [-0.2, 0) is 16.0 Å². The fourth-order valence-corrected chi connectivity index (χ4v) is 6.69. The molecule has 1 aromatic carbocycles. The molecule has 5 rings (SSSR count). The molecule has 2 aliphatic carbocycles. The third kappa shape index (κ3) is 4.14. The largest absolute Gasteiger partial charge is 0.377 e. The van der Waals surface area contributed by atoms with Crippen LogP contribution >= 0.6 is 0 Å². The molecule has 4 aliphatic rings. The molecule has 1 spiro atoms. The Morgan fingerprint density at radius 2 is 2.06 bits per heavy atom. The SMILES string of the molecule is CCNC(=NCC1CC(=O)N(CCc2ccccc2)C1)NC1C2CCOC2C12CCCC2. The predicted molar refractivity (Wildman–Crippen MR) is 126 cm³/mol. The molecule has 174 valence electrons. The van der Waals surface area contributed by atoms with Crippen LogP contribution in [-0.4, -0.2) is 61.7 Å². The third-order valence-electron chi connectivity index (χ3n) is 8.24. The van der Waals surface area contributed by atoms with Crippen molar-refractivity contribution < 1.29 is 9.53 Å². The van der Waals surface area contributed by atoms with E-state index in [2.05, 4.69) is 41.8 Å². The van der Waals surface area contributed by atoms with E-state index in [4.69, 9.17) is 9.73 Å². The first-order valence-electron chi connectivity index (χ1n) is 12.7. The summed E-state index contributed by atoms with van der Waals surface area (Å²) in [6.45, 7) is 6.20. The Hall–Kier alpha value is -2.08. The van der Waals surface area contributed by atoms with Crippen LogP contribution in [0.1, 0.15) is 51.0 Å². The van der Waals surface area contributed by atoms with Crippen LogP contribution < -0.4 is 10.6 Å². The van der Waals surface area contributed by atoms with Gasteiger partial charge in [0, 0.05) is 62.5 Å². The maximum Gasteiger partial charge on any atom is 0.223 e. The van der Waals surface area contributed by atoms with Gasteiger partial charge in [0.15, 0.2) is 5.96 Å². The molecule has 1 amide bonds. The number of rotatable bonds is 7. The lowest BCUT2D eigenvalue weighted by Crippen LogP contribution is -2.69. The Balaban J connectivity index is 1.17. The summed E-state index contributed by atoms with van der Waals surface area (Å²) in [7, 11) is 0. The monoisotopic (exact) mass is 438 g/mol. The lowest BCUT2D eigenvalue weighted by Gasteiger charge is -2.57. The van der Waals surface area contributed by atoms with Crippen LogP contribution in [0.2, 0.25) is 0 Å². The first kappa shape index (κ1) is 21.7. The zero-order chi connectivity index (χ0) is 22.0. The highest BCUT2D eigenvalue weighted by Crippen LogP contribution is 2.60. The minimum absolute atomic E-state index is 0.272. The highest BCUT2D eigenvalue weighted by molar-refractivity contribution is 5.81. The smallest absolute Gasteiger partial charge is 0.223 e. The highest BCUT2D eigenvalue weighted by atomic mass is 16.5. The number of hydrogen-bond donors (Lipinski definition) is 2. The normalized spacial score (nSPS) is 31.1. The summed E-state index contributed by atoms with van der Waals surface area (Å²) in [4.78, 5) is 19.5. The summed E-state index contributed by atoms with van der Waals surface area (Å²) in [5.41, 5.74) is 1.60. The topological polar surface area (TPSA) is 66.0 Å². The minimum Gasteiger partial charge on any atom is -0.377 e. The second-order valence-corrected chi connectivity index (χ2v) is 10.2. The maximum absolute atomic E-state index is 12.5. The number of amides is 1. The van der Waals surface area contributed by atoms with E-state index >= 15 is 0 Å². The zero-order valence-electron chi connectivity index (χ0n) is 19.4.